The Morgan fingerprint density at radius 1 is 0.963 bits per heavy atom. The van der Waals surface area contributed by atoms with Crippen molar-refractivity contribution in [3.63, 3.8) is 0 Å². The molecule has 0 unspecified atom stereocenters. The Kier molecular flexibility index (Phi) is 5.58. The summed E-state index contributed by atoms with van der Waals surface area (Å²) in [7, 11) is -1.43. The van der Waals surface area contributed by atoms with Gasteiger partial charge in [-0.2, -0.15) is 0 Å². The van der Waals surface area contributed by atoms with E-state index in [4.69, 9.17) is 0 Å². The molecule has 3 rings (SSSR count). The molecule has 0 saturated carbocycles. The predicted octanol–water partition coefficient (Wildman–Crippen LogP) is 3.31. The predicted molar refractivity (Wildman–Crippen MR) is 108 cm³/mol. The van der Waals surface area contributed by atoms with Crippen LogP contribution in [-0.2, 0) is 21.2 Å². The lowest BCUT2D eigenvalue weighted by Gasteiger charge is -2.17. The van der Waals surface area contributed by atoms with E-state index in [0.29, 0.717) is 12.2 Å². The molecule has 1 amide bonds. The summed E-state index contributed by atoms with van der Waals surface area (Å²) in [5.74, 6) is -0.191. The molecule has 27 heavy (non-hydrogen) atoms. The van der Waals surface area contributed by atoms with Crippen molar-refractivity contribution in [3.8, 4) is 0 Å². The monoisotopic (exact) mass is 382 g/mol. The van der Waals surface area contributed by atoms with E-state index in [1.807, 2.05) is 24.1 Å². The van der Waals surface area contributed by atoms with Crippen LogP contribution in [0.15, 0.2) is 71.6 Å². The third-order valence-corrected chi connectivity index (χ3v) is 5.34. The highest BCUT2D eigenvalue weighted by molar-refractivity contribution is 7.90. The van der Waals surface area contributed by atoms with Crippen LogP contribution in [0.1, 0.15) is 5.56 Å². The number of hydrogen-bond acceptors (Lipinski definition) is 4. The summed E-state index contributed by atoms with van der Waals surface area (Å²) in [4.78, 5) is 14.4. The van der Waals surface area contributed by atoms with E-state index >= 15 is 0 Å². The van der Waals surface area contributed by atoms with Crippen LogP contribution in [0.25, 0.3) is 10.8 Å². The summed E-state index contributed by atoms with van der Waals surface area (Å²) in [6, 6.07) is 20.7. The normalized spacial score (nSPS) is 11.7. The Morgan fingerprint density at radius 2 is 1.70 bits per heavy atom. The first-order valence-electron chi connectivity index (χ1n) is 8.57. The first-order chi connectivity index (χ1) is 12.8. The number of rotatable bonds is 6. The minimum atomic E-state index is -3.30. The number of nitrogens with one attached hydrogen (secondary N) is 1. The Balaban J connectivity index is 1.61. The van der Waals surface area contributed by atoms with E-state index in [0.717, 1.165) is 11.8 Å². The van der Waals surface area contributed by atoms with E-state index < -0.39 is 9.84 Å². The molecule has 3 aromatic rings. The second-order valence-electron chi connectivity index (χ2n) is 6.70. The van der Waals surface area contributed by atoms with Gasteiger partial charge in [-0.25, -0.2) is 8.42 Å². The molecular weight excluding hydrogens is 360 g/mol. The molecule has 140 valence electrons. The van der Waals surface area contributed by atoms with E-state index in [1.165, 1.54) is 22.9 Å². The fourth-order valence-electron chi connectivity index (χ4n) is 2.95. The topological polar surface area (TPSA) is 66.5 Å². The zero-order valence-electron chi connectivity index (χ0n) is 15.3. The molecule has 0 bridgehead atoms. The van der Waals surface area contributed by atoms with Crippen LogP contribution in [0.2, 0.25) is 0 Å². The molecule has 1 N–H and O–H groups in total. The lowest BCUT2D eigenvalue weighted by molar-refractivity contribution is -0.117. The number of carbonyl (C=O) groups is 1. The number of carbonyl (C=O) groups excluding carboxylic acids is 1. The average Bonchev–Trinajstić information content (AvgIpc) is 2.61. The number of fused-ring (bicyclic) bond motifs is 1. The van der Waals surface area contributed by atoms with Crippen molar-refractivity contribution in [2.24, 2.45) is 0 Å². The minimum Gasteiger partial charge on any atom is -0.325 e. The highest BCUT2D eigenvalue weighted by Gasteiger charge is 2.11. The fraction of sp³-hybridized carbons (Fsp3) is 0.190. The molecule has 0 fully saturated rings. The Bertz CT molecular complexity index is 1080. The molecule has 0 atom stereocenters. The standard InChI is InChI=1S/C21H22N2O3S/c1-23(14-16-10-11-17-6-3-4-7-18(17)12-16)15-21(24)22-19-8-5-9-20(13-19)27(2,25)26/h3-13H,14-15H2,1-2H3,(H,22,24). The van der Waals surface area contributed by atoms with Gasteiger partial charge in [0.2, 0.25) is 5.91 Å². The van der Waals surface area contributed by atoms with Gasteiger partial charge < -0.3 is 5.32 Å². The highest BCUT2D eigenvalue weighted by Crippen LogP contribution is 2.17. The van der Waals surface area contributed by atoms with Crippen molar-refractivity contribution in [1.82, 2.24) is 4.90 Å². The zero-order chi connectivity index (χ0) is 19.4. The van der Waals surface area contributed by atoms with Gasteiger partial charge in [-0.3, -0.25) is 9.69 Å². The quantitative estimate of drug-likeness (QED) is 0.710. The highest BCUT2D eigenvalue weighted by atomic mass is 32.2. The average molecular weight is 382 g/mol. The Hall–Kier alpha value is -2.70. The zero-order valence-corrected chi connectivity index (χ0v) is 16.2. The third kappa shape index (κ3) is 5.15. The van der Waals surface area contributed by atoms with Crippen molar-refractivity contribution >= 4 is 32.2 Å². The van der Waals surface area contributed by atoms with Gasteiger partial charge in [-0.15, -0.1) is 0 Å². The van der Waals surface area contributed by atoms with Crippen LogP contribution < -0.4 is 5.32 Å². The fourth-order valence-corrected chi connectivity index (χ4v) is 3.62. The van der Waals surface area contributed by atoms with Crippen LogP contribution in [0.4, 0.5) is 5.69 Å². The van der Waals surface area contributed by atoms with E-state index in [2.05, 4.69) is 35.6 Å². The number of likely N-dealkylation sites (N-methyl/N-ethyl adjacent to an activating group) is 1. The number of benzene rings is 3. The molecule has 0 aliphatic rings. The molecule has 0 aliphatic carbocycles. The lowest BCUT2D eigenvalue weighted by atomic mass is 10.1. The molecule has 6 heteroatoms. The molecule has 0 spiro atoms. The molecule has 0 radical (unpaired) electrons. The van der Waals surface area contributed by atoms with Crippen LogP contribution in [0.5, 0.6) is 0 Å². The van der Waals surface area contributed by atoms with Crippen molar-refractivity contribution in [1.29, 1.82) is 0 Å². The molecule has 0 aliphatic heterocycles. The molecule has 0 aromatic heterocycles. The van der Waals surface area contributed by atoms with E-state index in [1.54, 1.807) is 12.1 Å². The maximum Gasteiger partial charge on any atom is 0.238 e. The van der Waals surface area contributed by atoms with Gasteiger partial charge in [0.1, 0.15) is 0 Å². The second kappa shape index (κ2) is 7.90. The third-order valence-electron chi connectivity index (χ3n) is 4.23. The summed E-state index contributed by atoms with van der Waals surface area (Å²) < 4.78 is 23.2. The second-order valence-corrected chi connectivity index (χ2v) is 8.72. The molecule has 0 saturated heterocycles. The van der Waals surface area contributed by atoms with Gasteiger partial charge in [-0.1, -0.05) is 42.5 Å². The maximum absolute atomic E-state index is 12.3. The Labute approximate surface area is 159 Å². The van der Waals surface area contributed by atoms with Crippen molar-refractivity contribution in [2.75, 3.05) is 25.2 Å². The maximum atomic E-state index is 12.3. The SMILES string of the molecule is CN(CC(=O)Nc1cccc(S(C)(=O)=O)c1)Cc1ccc2ccccc2c1. The van der Waals surface area contributed by atoms with Crippen LogP contribution in [0, 0.1) is 0 Å². The van der Waals surface area contributed by atoms with Gasteiger partial charge in [0.05, 0.1) is 11.4 Å². The van der Waals surface area contributed by atoms with Crippen LogP contribution in [-0.4, -0.2) is 39.1 Å². The summed E-state index contributed by atoms with van der Waals surface area (Å²) in [5, 5.41) is 5.11. The molecule has 0 heterocycles. The summed E-state index contributed by atoms with van der Waals surface area (Å²) in [6.07, 6.45) is 1.14. The van der Waals surface area contributed by atoms with E-state index in [9.17, 15) is 13.2 Å². The molecule has 3 aromatic carbocycles. The van der Waals surface area contributed by atoms with Crippen LogP contribution >= 0.6 is 0 Å². The molecule has 5 nitrogen and oxygen atoms in total. The summed E-state index contributed by atoms with van der Waals surface area (Å²) in [6.45, 7) is 0.845. The first-order valence-corrected chi connectivity index (χ1v) is 10.5. The molecular formula is C21H22N2O3S. The van der Waals surface area contributed by atoms with Crippen LogP contribution in [0.3, 0.4) is 0 Å². The largest absolute Gasteiger partial charge is 0.325 e. The lowest BCUT2D eigenvalue weighted by Crippen LogP contribution is -2.29. The van der Waals surface area contributed by atoms with E-state index in [-0.39, 0.29) is 17.3 Å². The number of amides is 1. The number of anilines is 1. The minimum absolute atomic E-state index is 0.185. The summed E-state index contributed by atoms with van der Waals surface area (Å²) >= 11 is 0. The van der Waals surface area contributed by atoms with Gasteiger partial charge >= 0.3 is 0 Å². The first kappa shape index (κ1) is 19.1. The number of nitrogens with zero attached hydrogens (tertiary/aromatic N) is 1. The van der Waals surface area contributed by atoms with Gasteiger partial charge in [-0.05, 0) is 47.6 Å². The summed E-state index contributed by atoms with van der Waals surface area (Å²) in [5.41, 5.74) is 1.60. The number of sulfone groups is 1. The Morgan fingerprint density at radius 3 is 2.44 bits per heavy atom. The van der Waals surface area contributed by atoms with Gasteiger partial charge in [0.15, 0.2) is 9.84 Å². The van der Waals surface area contributed by atoms with Gasteiger partial charge in [0, 0.05) is 18.5 Å². The van der Waals surface area contributed by atoms with Crippen molar-refractivity contribution in [3.05, 3.63) is 72.3 Å². The smallest absolute Gasteiger partial charge is 0.238 e. The van der Waals surface area contributed by atoms with Gasteiger partial charge in [0.25, 0.3) is 0 Å². The number of hydrogen-bond donors (Lipinski definition) is 1. The van der Waals surface area contributed by atoms with Crippen molar-refractivity contribution in [2.45, 2.75) is 11.4 Å². The van der Waals surface area contributed by atoms with Crippen molar-refractivity contribution < 1.29 is 13.2 Å².